The summed E-state index contributed by atoms with van der Waals surface area (Å²) in [6.07, 6.45) is 3.75. The van der Waals surface area contributed by atoms with Crippen LogP contribution in [0.25, 0.3) is 10.8 Å². The quantitative estimate of drug-likeness (QED) is 0.300. The van der Waals surface area contributed by atoms with Gasteiger partial charge in [0, 0.05) is 86.5 Å². The number of imide groups is 1. The Morgan fingerprint density at radius 1 is 0.958 bits per heavy atom. The molecule has 1 saturated carbocycles. The minimum absolute atomic E-state index is 0.0127. The zero-order valence-corrected chi connectivity index (χ0v) is 28.9. The number of carbonyl (C=O) groups excluding carboxylic acids is 3. The van der Waals surface area contributed by atoms with E-state index in [2.05, 4.69) is 70.3 Å². The van der Waals surface area contributed by atoms with Crippen LogP contribution in [0.15, 0.2) is 53.5 Å². The summed E-state index contributed by atoms with van der Waals surface area (Å²) in [5.41, 5.74) is 3.06. The number of hydrogen-bond acceptors (Lipinski definition) is 8. The van der Waals surface area contributed by atoms with Gasteiger partial charge >= 0.3 is 0 Å². The number of nitrogens with one attached hydrogen (secondary N) is 2. The maximum absolute atomic E-state index is 13.2. The maximum atomic E-state index is 13.2. The Kier molecular flexibility index (Phi) is 9.35. The van der Waals surface area contributed by atoms with E-state index in [-0.39, 0.29) is 46.7 Å². The summed E-state index contributed by atoms with van der Waals surface area (Å²) >= 11 is 0. The second kappa shape index (κ2) is 13.3. The third-order valence-electron chi connectivity index (χ3n) is 10.7. The van der Waals surface area contributed by atoms with E-state index in [0.717, 1.165) is 68.9 Å². The molecule has 0 spiro atoms. The van der Waals surface area contributed by atoms with Gasteiger partial charge in [-0.05, 0) is 73.1 Å². The largest absolute Gasteiger partial charge is 0.371 e. The molecule has 3 fully saturated rings. The van der Waals surface area contributed by atoms with Gasteiger partial charge in [-0.3, -0.25) is 29.4 Å². The smallest absolute Gasteiger partial charge is 0.274 e. The van der Waals surface area contributed by atoms with Crippen molar-refractivity contribution >= 4 is 40.4 Å². The van der Waals surface area contributed by atoms with Crippen molar-refractivity contribution in [3.05, 3.63) is 64.6 Å². The van der Waals surface area contributed by atoms with Crippen LogP contribution in [0, 0.1) is 16.7 Å². The van der Waals surface area contributed by atoms with E-state index in [0.29, 0.717) is 24.1 Å². The fourth-order valence-electron chi connectivity index (χ4n) is 8.45. The van der Waals surface area contributed by atoms with Crippen molar-refractivity contribution < 1.29 is 14.4 Å². The third-order valence-corrected chi connectivity index (χ3v) is 10.7. The van der Waals surface area contributed by atoms with Gasteiger partial charge in [0.2, 0.25) is 12.3 Å². The minimum Gasteiger partial charge on any atom is -0.371 e. The van der Waals surface area contributed by atoms with Crippen LogP contribution >= 0.6 is 0 Å². The summed E-state index contributed by atoms with van der Waals surface area (Å²) in [6.45, 7) is 17.7. The van der Waals surface area contributed by atoms with E-state index in [9.17, 15) is 19.2 Å². The lowest BCUT2D eigenvalue weighted by Gasteiger charge is -2.57. The Hall–Kier alpha value is -4.25. The molecule has 2 aromatic carbocycles. The fourth-order valence-corrected chi connectivity index (χ4v) is 8.45. The summed E-state index contributed by atoms with van der Waals surface area (Å²) in [4.78, 5) is 55.5. The van der Waals surface area contributed by atoms with Crippen LogP contribution in [0.5, 0.6) is 0 Å². The summed E-state index contributed by atoms with van der Waals surface area (Å²) in [7, 11) is 0. The number of fused-ring (bicyclic) bond motifs is 1. The zero-order valence-electron chi connectivity index (χ0n) is 28.9. The number of benzene rings is 2. The van der Waals surface area contributed by atoms with Crippen molar-refractivity contribution in [1.82, 2.24) is 25.3 Å². The highest BCUT2D eigenvalue weighted by molar-refractivity contribution is 5.95. The average molecular weight is 656 g/mol. The molecule has 2 aliphatic heterocycles. The van der Waals surface area contributed by atoms with Gasteiger partial charge < -0.3 is 15.1 Å². The van der Waals surface area contributed by atoms with Crippen molar-refractivity contribution in [3.63, 3.8) is 0 Å². The lowest BCUT2D eigenvalue weighted by atomic mass is 9.52. The normalized spacial score (nSPS) is 20.1. The number of anilines is 2. The predicted molar refractivity (Wildman–Crippen MR) is 188 cm³/mol. The molecule has 6 rings (SSSR count). The Morgan fingerprint density at radius 3 is 2.27 bits per heavy atom. The molecule has 3 aromatic rings. The highest BCUT2D eigenvalue weighted by atomic mass is 16.2. The highest BCUT2D eigenvalue weighted by Gasteiger charge is 2.53. The summed E-state index contributed by atoms with van der Waals surface area (Å²) < 4.78 is 1.42. The first kappa shape index (κ1) is 33.6. The monoisotopic (exact) mass is 655 g/mol. The van der Waals surface area contributed by atoms with Crippen LogP contribution in [0.4, 0.5) is 11.4 Å². The number of piperazine rings is 1. The van der Waals surface area contributed by atoms with Gasteiger partial charge in [0.25, 0.3) is 11.5 Å². The molecule has 1 atom stereocenters. The van der Waals surface area contributed by atoms with E-state index < -0.39 is 0 Å². The number of nitrogens with zero attached hydrogens (tertiary/aromatic N) is 5. The van der Waals surface area contributed by atoms with E-state index in [1.54, 1.807) is 6.20 Å². The molecular weight excluding hydrogens is 606 g/mol. The summed E-state index contributed by atoms with van der Waals surface area (Å²) in [6, 6.07) is 13.9. The molecule has 3 aliphatic rings. The zero-order chi connectivity index (χ0) is 34.2. The maximum Gasteiger partial charge on any atom is 0.274 e. The van der Waals surface area contributed by atoms with E-state index in [1.165, 1.54) is 10.4 Å². The van der Waals surface area contributed by atoms with Crippen LogP contribution in [0.3, 0.4) is 0 Å². The lowest BCUT2D eigenvalue weighted by molar-refractivity contribution is -0.125. The summed E-state index contributed by atoms with van der Waals surface area (Å²) in [5, 5.41) is 11.2. The average Bonchev–Trinajstić information content (AvgIpc) is 3.04. The van der Waals surface area contributed by atoms with Crippen LogP contribution in [0.1, 0.15) is 70.3 Å². The SMILES string of the molecule is CC(CCC(=O)NC=O)n1ncc2cc(N3CCN(CC4CN(c5ccc(C(=O)NC6C(C)(C)CC6(C)C)cc5)C4)CC3)ccc2c1=O. The number of rotatable bonds is 11. The first-order valence-corrected chi connectivity index (χ1v) is 17.2. The second-order valence-corrected chi connectivity index (χ2v) is 15.4. The Morgan fingerprint density at radius 2 is 1.62 bits per heavy atom. The van der Waals surface area contributed by atoms with E-state index in [1.807, 2.05) is 37.3 Å². The van der Waals surface area contributed by atoms with Crippen LogP contribution < -0.4 is 26.0 Å². The molecule has 3 amide bonds. The van der Waals surface area contributed by atoms with Gasteiger partial charge in [-0.25, -0.2) is 4.68 Å². The molecule has 2 saturated heterocycles. The first-order chi connectivity index (χ1) is 22.8. The van der Waals surface area contributed by atoms with E-state index >= 15 is 0 Å². The molecule has 3 heterocycles. The van der Waals surface area contributed by atoms with Crippen molar-refractivity contribution in [2.75, 3.05) is 55.6 Å². The van der Waals surface area contributed by atoms with Crippen molar-refractivity contribution in [3.8, 4) is 0 Å². The summed E-state index contributed by atoms with van der Waals surface area (Å²) in [5.74, 6) is 0.267. The number of amides is 3. The van der Waals surface area contributed by atoms with E-state index in [4.69, 9.17) is 0 Å². The van der Waals surface area contributed by atoms with Crippen molar-refractivity contribution in [2.24, 2.45) is 16.7 Å². The minimum atomic E-state index is -0.369. The Labute approximate surface area is 282 Å². The molecule has 2 N–H and O–H groups in total. The number of aromatic nitrogens is 2. The third kappa shape index (κ3) is 6.97. The molecule has 11 nitrogen and oxygen atoms in total. The predicted octanol–water partition coefficient (Wildman–Crippen LogP) is 3.82. The van der Waals surface area contributed by atoms with Gasteiger partial charge in [-0.1, -0.05) is 27.7 Å². The van der Waals surface area contributed by atoms with Crippen molar-refractivity contribution in [1.29, 1.82) is 0 Å². The molecule has 11 heteroatoms. The molecule has 48 heavy (non-hydrogen) atoms. The highest BCUT2D eigenvalue weighted by Crippen LogP contribution is 2.53. The van der Waals surface area contributed by atoms with Crippen LogP contribution in [-0.2, 0) is 9.59 Å². The Balaban J connectivity index is 0.956. The molecule has 1 aliphatic carbocycles. The van der Waals surface area contributed by atoms with Crippen LogP contribution in [0.2, 0.25) is 0 Å². The Bertz CT molecular complexity index is 1710. The van der Waals surface area contributed by atoms with Gasteiger partial charge in [-0.15, -0.1) is 0 Å². The van der Waals surface area contributed by atoms with Gasteiger partial charge in [0.15, 0.2) is 0 Å². The standard InChI is InChI=1S/C37H49N7O4/c1-25(6-13-32(46)38-24-45)44-34(48)31-12-11-30(18-28(31)19-39-44)42-16-14-41(15-17-42)20-26-21-43(22-26)29-9-7-27(8-10-29)33(47)40-35-36(2,3)23-37(35,4)5/h7-12,18-19,24-26,35H,6,13-17,20-23H2,1-5H3,(H,40,47)(H,38,45,46). The number of carbonyl (C=O) groups is 3. The molecular formula is C37H49N7O4. The molecule has 1 unspecified atom stereocenters. The lowest BCUT2D eigenvalue weighted by Crippen LogP contribution is -2.63. The number of hydrogen-bond donors (Lipinski definition) is 2. The first-order valence-electron chi connectivity index (χ1n) is 17.2. The van der Waals surface area contributed by atoms with Gasteiger partial charge in [0.1, 0.15) is 0 Å². The molecule has 0 radical (unpaired) electrons. The topological polar surface area (TPSA) is 120 Å². The van der Waals surface area contributed by atoms with Gasteiger partial charge in [-0.2, -0.15) is 5.10 Å². The van der Waals surface area contributed by atoms with Crippen molar-refractivity contribution in [2.45, 2.75) is 66.0 Å². The van der Waals surface area contributed by atoms with Gasteiger partial charge in [0.05, 0.1) is 17.6 Å². The molecule has 256 valence electrons. The molecule has 0 bridgehead atoms. The second-order valence-electron chi connectivity index (χ2n) is 15.4. The fraction of sp³-hybridized carbons (Fsp3) is 0.541. The van der Waals surface area contributed by atoms with Crippen LogP contribution in [-0.4, -0.2) is 84.8 Å². The molecule has 1 aromatic heterocycles.